The Morgan fingerprint density at radius 2 is 2.04 bits per heavy atom. The molecule has 8 heteroatoms. The smallest absolute Gasteiger partial charge is 0.277 e. The molecule has 0 unspecified atom stereocenters. The second-order valence-corrected chi connectivity index (χ2v) is 7.45. The van der Waals surface area contributed by atoms with Crippen LogP contribution in [0.3, 0.4) is 0 Å². The first kappa shape index (κ1) is 18.2. The lowest BCUT2D eigenvalue weighted by molar-refractivity contribution is -0.115. The molecule has 7 nitrogen and oxygen atoms in total. The third-order valence-electron chi connectivity index (χ3n) is 4.08. The molecule has 136 valence electrons. The van der Waals surface area contributed by atoms with E-state index >= 15 is 0 Å². The molecule has 0 saturated carbocycles. The van der Waals surface area contributed by atoms with Crippen molar-refractivity contribution < 1.29 is 9.21 Å². The molecule has 2 aromatic heterocycles. The number of aromatic nitrogens is 4. The topological polar surface area (TPSA) is 85.8 Å². The van der Waals surface area contributed by atoms with Gasteiger partial charge in [-0.25, -0.2) is 0 Å². The Bertz CT molecular complexity index is 947. The highest BCUT2D eigenvalue weighted by Crippen LogP contribution is 2.27. The number of aryl methyl sites for hydroxylation is 3. The van der Waals surface area contributed by atoms with Crippen LogP contribution in [-0.2, 0) is 11.8 Å². The normalized spacial score (nSPS) is 12.2. The largest absolute Gasteiger partial charge is 0.411 e. The molecule has 1 atom stereocenters. The maximum absolute atomic E-state index is 12.5. The number of hydrogen-bond donors (Lipinski definition) is 1. The van der Waals surface area contributed by atoms with Crippen molar-refractivity contribution in [2.45, 2.75) is 38.2 Å². The Morgan fingerprint density at radius 3 is 2.69 bits per heavy atom. The van der Waals surface area contributed by atoms with Gasteiger partial charge in [-0.2, -0.15) is 5.10 Å². The molecule has 2 heterocycles. The third kappa shape index (κ3) is 3.80. The molecule has 0 aliphatic carbocycles. The molecule has 1 aromatic carbocycles. The van der Waals surface area contributed by atoms with Crippen LogP contribution < -0.4 is 5.32 Å². The highest BCUT2D eigenvalue weighted by atomic mass is 32.2. The summed E-state index contributed by atoms with van der Waals surface area (Å²) >= 11 is 1.23. The van der Waals surface area contributed by atoms with Gasteiger partial charge in [0.05, 0.1) is 22.3 Å². The number of nitrogens with zero attached hydrogens (tertiary/aromatic N) is 4. The first-order valence-electron chi connectivity index (χ1n) is 8.23. The van der Waals surface area contributed by atoms with E-state index in [4.69, 9.17) is 4.42 Å². The number of thioether (sulfide) groups is 1. The van der Waals surface area contributed by atoms with Gasteiger partial charge in [-0.05, 0) is 39.8 Å². The first-order valence-corrected chi connectivity index (χ1v) is 9.11. The van der Waals surface area contributed by atoms with Crippen molar-refractivity contribution in [3.63, 3.8) is 0 Å². The zero-order valence-corrected chi connectivity index (χ0v) is 16.2. The molecule has 1 amide bonds. The Labute approximate surface area is 156 Å². The summed E-state index contributed by atoms with van der Waals surface area (Å²) in [6.45, 7) is 7.59. The Balaban J connectivity index is 1.68. The van der Waals surface area contributed by atoms with Crippen molar-refractivity contribution in [2.75, 3.05) is 5.32 Å². The molecule has 3 aromatic rings. The lowest BCUT2D eigenvalue weighted by Gasteiger charge is -2.10. The average molecular weight is 371 g/mol. The van der Waals surface area contributed by atoms with E-state index in [0.717, 1.165) is 28.2 Å². The SMILES string of the molecule is Cc1cccc(-c2nnc(S[C@@H](C)C(=O)Nc3c(C)nn(C)c3C)o2)c1. The maximum atomic E-state index is 12.5. The number of carbonyl (C=O) groups excluding carboxylic acids is 1. The molecule has 0 bridgehead atoms. The van der Waals surface area contributed by atoms with Crippen LogP contribution in [-0.4, -0.2) is 31.1 Å². The lowest BCUT2D eigenvalue weighted by atomic mass is 10.1. The number of benzene rings is 1. The molecule has 0 aliphatic heterocycles. The fourth-order valence-electron chi connectivity index (χ4n) is 2.54. The fraction of sp³-hybridized carbons (Fsp3) is 0.333. The van der Waals surface area contributed by atoms with Gasteiger partial charge in [0.1, 0.15) is 0 Å². The number of nitrogens with one attached hydrogen (secondary N) is 1. The van der Waals surface area contributed by atoms with Crippen molar-refractivity contribution in [2.24, 2.45) is 7.05 Å². The van der Waals surface area contributed by atoms with Crippen LogP contribution in [0.25, 0.3) is 11.5 Å². The summed E-state index contributed by atoms with van der Waals surface area (Å²) in [5.41, 5.74) is 4.42. The van der Waals surface area contributed by atoms with E-state index in [9.17, 15) is 4.79 Å². The molecule has 3 rings (SSSR count). The summed E-state index contributed by atoms with van der Waals surface area (Å²) < 4.78 is 7.44. The van der Waals surface area contributed by atoms with Crippen LogP contribution >= 0.6 is 11.8 Å². The second kappa shape index (κ2) is 7.33. The number of rotatable bonds is 5. The van der Waals surface area contributed by atoms with E-state index in [1.807, 2.05) is 52.1 Å². The molecule has 26 heavy (non-hydrogen) atoms. The highest BCUT2D eigenvalue weighted by molar-refractivity contribution is 8.00. The van der Waals surface area contributed by atoms with Crippen LogP contribution in [0.5, 0.6) is 0 Å². The standard InChI is InChI=1S/C18H21N5O2S/c1-10-7-6-8-14(9-10)17-20-21-18(25-17)26-13(4)16(24)19-15-11(2)22-23(5)12(15)3/h6-9,13H,1-5H3,(H,19,24)/t13-/m0/s1. The van der Waals surface area contributed by atoms with Crippen molar-refractivity contribution in [1.29, 1.82) is 0 Å². The molecule has 0 spiro atoms. The minimum Gasteiger partial charge on any atom is -0.411 e. The van der Waals surface area contributed by atoms with Gasteiger partial charge in [0, 0.05) is 12.6 Å². The number of hydrogen-bond acceptors (Lipinski definition) is 6. The van der Waals surface area contributed by atoms with Crippen LogP contribution in [0.1, 0.15) is 23.9 Å². The lowest BCUT2D eigenvalue weighted by Crippen LogP contribution is -2.23. The van der Waals surface area contributed by atoms with Gasteiger partial charge >= 0.3 is 0 Å². The van der Waals surface area contributed by atoms with Crippen molar-refractivity contribution in [3.8, 4) is 11.5 Å². The second-order valence-electron chi connectivity index (χ2n) is 6.16. The minimum absolute atomic E-state index is 0.135. The molecular formula is C18H21N5O2S. The van der Waals surface area contributed by atoms with E-state index in [1.165, 1.54) is 11.8 Å². The molecule has 0 aliphatic rings. The quantitative estimate of drug-likeness (QED) is 0.691. The summed E-state index contributed by atoms with van der Waals surface area (Å²) in [5, 5.41) is 15.3. The van der Waals surface area contributed by atoms with Gasteiger partial charge in [0.2, 0.25) is 11.8 Å². The van der Waals surface area contributed by atoms with Crippen LogP contribution in [0.15, 0.2) is 33.9 Å². The van der Waals surface area contributed by atoms with E-state index in [2.05, 4.69) is 20.6 Å². The zero-order chi connectivity index (χ0) is 18.8. The minimum atomic E-state index is -0.389. The maximum Gasteiger partial charge on any atom is 0.277 e. The van der Waals surface area contributed by atoms with Gasteiger partial charge in [-0.1, -0.05) is 29.5 Å². The molecule has 0 fully saturated rings. The fourth-order valence-corrected chi connectivity index (χ4v) is 3.22. The van der Waals surface area contributed by atoms with Gasteiger partial charge in [0.25, 0.3) is 5.22 Å². The highest BCUT2D eigenvalue weighted by Gasteiger charge is 2.21. The van der Waals surface area contributed by atoms with E-state index in [1.54, 1.807) is 11.6 Å². The van der Waals surface area contributed by atoms with Crippen LogP contribution in [0.4, 0.5) is 5.69 Å². The van der Waals surface area contributed by atoms with E-state index in [0.29, 0.717) is 11.1 Å². The van der Waals surface area contributed by atoms with Crippen LogP contribution in [0.2, 0.25) is 0 Å². The summed E-state index contributed by atoms with van der Waals surface area (Å²) in [7, 11) is 1.85. The van der Waals surface area contributed by atoms with Gasteiger partial charge in [-0.15, -0.1) is 10.2 Å². The summed E-state index contributed by atoms with van der Waals surface area (Å²) in [6.07, 6.45) is 0. The number of carbonyl (C=O) groups is 1. The van der Waals surface area contributed by atoms with Gasteiger partial charge in [-0.3, -0.25) is 9.48 Å². The first-order chi connectivity index (χ1) is 12.3. The molecule has 0 radical (unpaired) electrons. The number of anilines is 1. The summed E-state index contributed by atoms with van der Waals surface area (Å²) in [6, 6.07) is 7.84. The van der Waals surface area contributed by atoms with E-state index < -0.39 is 0 Å². The predicted molar refractivity (Wildman–Crippen MR) is 101 cm³/mol. The summed E-state index contributed by atoms with van der Waals surface area (Å²) in [4.78, 5) is 12.5. The van der Waals surface area contributed by atoms with Crippen molar-refractivity contribution in [1.82, 2.24) is 20.0 Å². The molecular weight excluding hydrogens is 350 g/mol. The Kier molecular flexibility index (Phi) is 5.13. The van der Waals surface area contributed by atoms with Crippen molar-refractivity contribution >= 4 is 23.4 Å². The third-order valence-corrected chi connectivity index (χ3v) is 5.01. The Morgan fingerprint density at radius 1 is 1.27 bits per heavy atom. The number of amides is 1. The average Bonchev–Trinajstić information content (AvgIpc) is 3.15. The molecule has 1 N–H and O–H groups in total. The van der Waals surface area contributed by atoms with Gasteiger partial charge in [0.15, 0.2) is 0 Å². The van der Waals surface area contributed by atoms with Crippen molar-refractivity contribution in [3.05, 3.63) is 41.2 Å². The molecule has 0 saturated heterocycles. The van der Waals surface area contributed by atoms with Crippen LogP contribution in [0, 0.1) is 20.8 Å². The van der Waals surface area contributed by atoms with Gasteiger partial charge < -0.3 is 9.73 Å². The predicted octanol–water partition coefficient (Wildman–Crippen LogP) is 3.51. The van der Waals surface area contributed by atoms with E-state index in [-0.39, 0.29) is 11.2 Å². The summed E-state index contributed by atoms with van der Waals surface area (Å²) in [5.74, 6) is 0.312. The zero-order valence-electron chi connectivity index (χ0n) is 15.4. The Hall–Kier alpha value is -2.61. The monoisotopic (exact) mass is 371 g/mol.